The van der Waals surface area contributed by atoms with Crippen molar-refractivity contribution >= 4 is 21.8 Å². The number of methoxy groups -OCH3 is 1. The van der Waals surface area contributed by atoms with E-state index >= 15 is 0 Å². The SMILES string of the molecule is COc1c(Br)cc(-c2cc(N)on2)cc1OC1CCCC1. The number of aromatic nitrogens is 1. The van der Waals surface area contributed by atoms with E-state index in [-0.39, 0.29) is 12.0 Å². The number of benzene rings is 1. The van der Waals surface area contributed by atoms with Crippen LogP contribution in [0.4, 0.5) is 5.88 Å². The van der Waals surface area contributed by atoms with Crippen molar-refractivity contribution in [1.29, 1.82) is 0 Å². The van der Waals surface area contributed by atoms with Crippen LogP contribution < -0.4 is 15.2 Å². The molecule has 1 aromatic heterocycles. The van der Waals surface area contributed by atoms with Crippen LogP contribution in [-0.4, -0.2) is 18.4 Å². The molecular weight excluding hydrogens is 336 g/mol. The molecule has 0 atom stereocenters. The second-order valence-corrected chi connectivity index (χ2v) is 5.98. The normalized spacial score (nSPS) is 15.3. The van der Waals surface area contributed by atoms with Crippen LogP contribution >= 0.6 is 15.9 Å². The van der Waals surface area contributed by atoms with Gasteiger partial charge in [-0.3, -0.25) is 0 Å². The zero-order valence-electron chi connectivity index (χ0n) is 11.8. The van der Waals surface area contributed by atoms with Crippen LogP contribution in [0.1, 0.15) is 25.7 Å². The number of nitrogen functional groups attached to an aromatic ring is 1. The Balaban J connectivity index is 1.97. The van der Waals surface area contributed by atoms with Crippen molar-refractivity contribution in [3.8, 4) is 22.8 Å². The lowest BCUT2D eigenvalue weighted by Crippen LogP contribution is -2.11. The molecular formula is C15H17BrN2O3. The van der Waals surface area contributed by atoms with Gasteiger partial charge in [-0.15, -0.1) is 0 Å². The summed E-state index contributed by atoms with van der Waals surface area (Å²) in [7, 11) is 1.63. The van der Waals surface area contributed by atoms with E-state index in [1.165, 1.54) is 12.8 Å². The number of anilines is 1. The summed E-state index contributed by atoms with van der Waals surface area (Å²) in [5, 5.41) is 3.94. The molecule has 3 rings (SSSR count). The molecule has 21 heavy (non-hydrogen) atoms. The monoisotopic (exact) mass is 352 g/mol. The van der Waals surface area contributed by atoms with E-state index in [1.807, 2.05) is 12.1 Å². The van der Waals surface area contributed by atoms with Crippen LogP contribution in [0.25, 0.3) is 11.3 Å². The molecule has 1 saturated carbocycles. The maximum atomic E-state index is 6.10. The lowest BCUT2D eigenvalue weighted by atomic mass is 10.1. The van der Waals surface area contributed by atoms with E-state index in [0.29, 0.717) is 11.4 Å². The van der Waals surface area contributed by atoms with Crippen molar-refractivity contribution in [3.63, 3.8) is 0 Å². The van der Waals surface area contributed by atoms with Crippen molar-refractivity contribution < 1.29 is 14.0 Å². The predicted octanol–water partition coefficient (Wildman–Crippen LogP) is 4.02. The van der Waals surface area contributed by atoms with E-state index in [1.54, 1.807) is 13.2 Å². The molecule has 2 N–H and O–H groups in total. The number of hydrogen-bond acceptors (Lipinski definition) is 5. The third-order valence-corrected chi connectivity index (χ3v) is 4.22. The quantitative estimate of drug-likeness (QED) is 0.899. The van der Waals surface area contributed by atoms with E-state index in [2.05, 4.69) is 21.1 Å². The molecule has 112 valence electrons. The van der Waals surface area contributed by atoms with Gasteiger partial charge in [0.05, 0.1) is 17.7 Å². The van der Waals surface area contributed by atoms with Gasteiger partial charge in [0.15, 0.2) is 11.5 Å². The minimum Gasteiger partial charge on any atom is -0.492 e. The van der Waals surface area contributed by atoms with Crippen molar-refractivity contribution in [2.45, 2.75) is 31.8 Å². The number of rotatable bonds is 4. The van der Waals surface area contributed by atoms with Gasteiger partial charge >= 0.3 is 0 Å². The van der Waals surface area contributed by atoms with E-state index in [0.717, 1.165) is 28.6 Å². The zero-order chi connectivity index (χ0) is 14.8. The Hall–Kier alpha value is -1.69. The molecule has 2 aromatic rings. The molecule has 0 unspecified atom stereocenters. The number of ether oxygens (including phenoxy) is 2. The molecule has 0 radical (unpaired) electrons. The van der Waals surface area contributed by atoms with Gasteiger partial charge in [-0.05, 0) is 53.7 Å². The van der Waals surface area contributed by atoms with E-state index < -0.39 is 0 Å². The predicted molar refractivity (Wildman–Crippen MR) is 83.5 cm³/mol. The molecule has 0 amide bonds. The van der Waals surface area contributed by atoms with Crippen molar-refractivity contribution in [3.05, 3.63) is 22.7 Å². The highest BCUT2D eigenvalue weighted by molar-refractivity contribution is 9.10. The largest absolute Gasteiger partial charge is 0.492 e. The fourth-order valence-corrected chi connectivity index (χ4v) is 3.22. The van der Waals surface area contributed by atoms with Gasteiger partial charge < -0.3 is 19.7 Å². The third kappa shape index (κ3) is 3.00. The highest BCUT2D eigenvalue weighted by Crippen LogP contribution is 2.41. The Bertz CT molecular complexity index is 636. The van der Waals surface area contributed by atoms with Crippen LogP contribution in [0.2, 0.25) is 0 Å². The molecule has 6 heteroatoms. The standard InChI is InChI=1S/C15H17BrN2O3/c1-19-15-11(16)6-9(12-8-14(17)21-18-12)7-13(15)20-10-4-2-3-5-10/h6-8,10H,2-5,17H2,1H3. The second-order valence-electron chi connectivity index (χ2n) is 5.13. The lowest BCUT2D eigenvalue weighted by molar-refractivity contribution is 0.200. The van der Waals surface area contributed by atoms with Crippen LogP contribution in [-0.2, 0) is 0 Å². The summed E-state index contributed by atoms with van der Waals surface area (Å²) < 4.78 is 17.3. The van der Waals surface area contributed by atoms with E-state index in [4.69, 9.17) is 19.7 Å². The number of halogens is 1. The maximum Gasteiger partial charge on any atom is 0.222 e. The van der Waals surface area contributed by atoms with Crippen molar-refractivity contribution in [1.82, 2.24) is 5.16 Å². The van der Waals surface area contributed by atoms with Crippen molar-refractivity contribution in [2.75, 3.05) is 12.8 Å². The van der Waals surface area contributed by atoms with Gasteiger partial charge in [-0.1, -0.05) is 5.16 Å². The molecule has 0 spiro atoms. The second kappa shape index (κ2) is 5.97. The molecule has 1 aromatic carbocycles. The average molecular weight is 353 g/mol. The number of nitrogens with two attached hydrogens (primary N) is 1. The Morgan fingerprint density at radius 2 is 2.05 bits per heavy atom. The molecule has 1 aliphatic rings. The molecule has 5 nitrogen and oxygen atoms in total. The third-order valence-electron chi connectivity index (χ3n) is 3.63. The van der Waals surface area contributed by atoms with Gasteiger partial charge in [0, 0.05) is 11.6 Å². The van der Waals surface area contributed by atoms with Gasteiger partial charge in [0.2, 0.25) is 5.88 Å². The van der Waals surface area contributed by atoms with Crippen LogP contribution in [0, 0.1) is 0 Å². The molecule has 1 fully saturated rings. The first-order valence-electron chi connectivity index (χ1n) is 6.94. The maximum absolute atomic E-state index is 6.10. The molecule has 1 aliphatic carbocycles. The Morgan fingerprint density at radius 3 is 2.67 bits per heavy atom. The first-order chi connectivity index (χ1) is 10.2. The topological polar surface area (TPSA) is 70.5 Å². The van der Waals surface area contributed by atoms with E-state index in [9.17, 15) is 0 Å². The minimum absolute atomic E-state index is 0.253. The minimum atomic E-state index is 0.253. The molecule has 0 aliphatic heterocycles. The Morgan fingerprint density at radius 1 is 1.29 bits per heavy atom. The summed E-state index contributed by atoms with van der Waals surface area (Å²) >= 11 is 3.52. The molecule has 1 heterocycles. The Labute approximate surface area is 131 Å². The van der Waals surface area contributed by atoms with Crippen LogP contribution in [0.15, 0.2) is 27.2 Å². The summed E-state index contributed by atoms with van der Waals surface area (Å²) in [4.78, 5) is 0. The molecule has 0 saturated heterocycles. The summed E-state index contributed by atoms with van der Waals surface area (Å²) in [6, 6.07) is 5.52. The summed E-state index contributed by atoms with van der Waals surface area (Å²) in [6.45, 7) is 0. The lowest BCUT2D eigenvalue weighted by Gasteiger charge is -2.17. The summed E-state index contributed by atoms with van der Waals surface area (Å²) in [5.41, 5.74) is 7.13. The Kier molecular flexibility index (Phi) is 4.05. The van der Waals surface area contributed by atoms with Crippen molar-refractivity contribution in [2.24, 2.45) is 0 Å². The fourth-order valence-electron chi connectivity index (χ4n) is 2.61. The fraction of sp³-hybridized carbons (Fsp3) is 0.400. The first-order valence-corrected chi connectivity index (χ1v) is 7.73. The highest BCUT2D eigenvalue weighted by Gasteiger charge is 2.21. The van der Waals surface area contributed by atoms with Crippen LogP contribution in [0.5, 0.6) is 11.5 Å². The smallest absolute Gasteiger partial charge is 0.222 e. The first kappa shape index (κ1) is 14.3. The number of nitrogens with zero attached hydrogens (tertiary/aromatic N) is 1. The zero-order valence-corrected chi connectivity index (χ0v) is 13.4. The summed E-state index contributed by atoms with van der Waals surface area (Å²) in [5.74, 6) is 1.70. The number of hydrogen-bond donors (Lipinski definition) is 1. The van der Waals surface area contributed by atoms with Crippen LogP contribution in [0.3, 0.4) is 0 Å². The average Bonchev–Trinajstić information content (AvgIpc) is 3.10. The summed E-state index contributed by atoms with van der Waals surface area (Å²) in [6.07, 6.45) is 4.86. The van der Waals surface area contributed by atoms with Gasteiger partial charge in [-0.25, -0.2) is 0 Å². The van der Waals surface area contributed by atoms with Gasteiger partial charge in [0.25, 0.3) is 0 Å². The van der Waals surface area contributed by atoms with Gasteiger partial charge in [0.1, 0.15) is 5.69 Å². The highest BCUT2D eigenvalue weighted by atomic mass is 79.9. The van der Waals surface area contributed by atoms with Gasteiger partial charge in [-0.2, -0.15) is 0 Å². The molecule has 0 bridgehead atoms.